The van der Waals surface area contributed by atoms with E-state index in [0.717, 1.165) is 0 Å². The van der Waals surface area contributed by atoms with Crippen LogP contribution in [0.2, 0.25) is 0 Å². The molecule has 0 saturated heterocycles. The second kappa shape index (κ2) is 2.62. The highest BCUT2D eigenvalue weighted by Gasteiger charge is 2.69. The summed E-state index contributed by atoms with van der Waals surface area (Å²) in [4.78, 5) is 0. The van der Waals surface area contributed by atoms with Gasteiger partial charge in [0.1, 0.15) is 9.49 Å². The van der Waals surface area contributed by atoms with Crippen LogP contribution in [0, 0.1) is 22.7 Å². The molecule has 0 aromatic heterocycles. The molecule has 4 heteroatoms. The average molecular weight is 184 g/mol. The van der Waals surface area contributed by atoms with Crippen molar-refractivity contribution in [2.75, 3.05) is 12.5 Å². The van der Waals surface area contributed by atoms with Crippen LogP contribution < -0.4 is 0 Å². The van der Waals surface area contributed by atoms with E-state index in [1.165, 1.54) is 23.5 Å². The van der Waals surface area contributed by atoms with Crippen molar-refractivity contribution in [3.05, 3.63) is 0 Å². The number of nitriles is 2. The van der Waals surface area contributed by atoms with Crippen molar-refractivity contribution >= 4 is 23.5 Å². The largest absolute Gasteiger partial charge is 0.197 e. The fraction of sp³-hybridized carbons (Fsp3) is 0.714. The molecular formula is C7H8N2S2. The Balaban J connectivity index is 2.86. The van der Waals surface area contributed by atoms with Gasteiger partial charge in [0.2, 0.25) is 0 Å². The SMILES string of the molecule is CSC1(C#N)CC1(C#N)SC. The van der Waals surface area contributed by atoms with Gasteiger partial charge in [-0.25, -0.2) is 0 Å². The second-order valence-corrected chi connectivity index (χ2v) is 4.67. The highest BCUT2D eigenvalue weighted by atomic mass is 32.2. The molecule has 0 spiro atoms. The van der Waals surface area contributed by atoms with Crippen molar-refractivity contribution in [3.8, 4) is 12.1 Å². The van der Waals surface area contributed by atoms with E-state index in [9.17, 15) is 0 Å². The van der Waals surface area contributed by atoms with E-state index in [2.05, 4.69) is 12.1 Å². The van der Waals surface area contributed by atoms with Crippen LogP contribution in [0.1, 0.15) is 6.42 Å². The Bertz CT molecular complexity index is 226. The van der Waals surface area contributed by atoms with Crippen molar-refractivity contribution in [1.29, 1.82) is 10.5 Å². The van der Waals surface area contributed by atoms with Crippen LogP contribution in [0.5, 0.6) is 0 Å². The lowest BCUT2D eigenvalue weighted by Gasteiger charge is -2.07. The zero-order valence-corrected chi connectivity index (χ0v) is 8.05. The number of hydrogen-bond donors (Lipinski definition) is 0. The molecule has 2 atom stereocenters. The highest BCUT2D eigenvalue weighted by molar-refractivity contribution is 8.05. The second-order valence-electron chi connectivity index (χ2n) is 2.46. The van der Waals surface area contributed by atoms with Crippen molar-refractivity contribution < 1.29 is 0 Å². The summed E-state index contributed by atoms with van der Waals surface area (Å²) >= 11 is 2.98. The highest BCUT2D eigenvalue weighted by Crippen LogP contribution is 2.63. The zero-order chi connectivity index (χ0) is 8.54. The Hall–Kier alpha value is -0.320. The lowest BCUT2D eigenvalue weighted by Crippen LogP contribution is -2.14. The van der Waals surface area contributed by atoms with E-state index in [-0.39, 0.29) is 0 Å². The molecule has 0 heterocycles. The van der Waals surface area contributed by atoms with Crippen LogP contribution in [0.4, 0.5) is 0 Å². The molecule has 1 saturated carbocycles. The molecule has 1 aliphatic rings. The first-order valence-electron chi connectivity index (χ1n) is 3.13. The molecule has 1 aliphatic carbocycles. The van der Waals surface area contributed by atoms with Gasteiger partial charge in [0.05, 0.1) is 12.1 Å². The fourth-order valence-corrected chi connectivity index (χ4v) is 3.38. The molecular weight excluding hydrogens is 176 g/mol. The molecule has 0 bridgehead atoms. The Morgan fingerprint density at radius 2 is 1.45 bits per heavy atom. The summed E-state index contributed by atoms with van der Waals surface area (Å²) in [6, 6.07) is 4.43. The van der Waals surface area contributed by atoms with E-state index in [1.807, 2.05) is 12.5 Å². The van der Waals surface area contributed by atoms with Crippen molar-refractivity contribution in [1.82, 2.24) is 0 Å². The summed E-state index contributed by atoms with van der Waals surface area (Å²) in [7, 11) is 0. The van der Waals surface area contributed by atoms with Crippen LogP contribution in [0.3, 0.4) is 0 Å². The first-order chi connectivity index (χ1) is 5.20. The van der Waals surface area contributed by atoms with Gasteiger partial charge in [-0.1, -0.05) is 0 Å². The summed E-state index contributed by atoms with van der Waals surface area (Å²) in [6.07, 6.45) is 4.48. The van der Waals surface area contributed by atoms with Crippen molar-refractivity contribution in [2.45, 2.75) is 15.9 Å². The number of hydrogen-bond acceptors (Lipinski definition) is 4. The minimum atomic E-state index is -0.429. The molecule has 2 nitrogen and oxygen atoms in total. The van der Waals surface area contributed by atoms with Crippen molar-refractivity contribution in [3.63, 3.8) is 0 Å². The van der Waals surface area contributed by atoms with E-state index >= 15 is 0 Å². The molecule has 0 amide bonds. The van der Waals surface area contributed by atoms with Gasteiger partial charge in [0.25, 0.3) is 0 Å². The molecule has 2 unspecified atom stereocenters. The van der Waals surface area contributed by atoms with Crippen LogP contribution in [-0.2, 0) is 0 Å². The predicted molar refractivity (Wildman–Crippen MR) is 48.3 cm³/mol. The first-order valence-corrected chi connectivity index (χ1v) is 5.58. The molecule has 0 aromatic carbocycles. The fourth-order valence-electron chi connectivity index (χ4n) is 1.13. The number of thioether (sulfide) groups is 2. The minimum Gasteiger partial charge on any atom is -0.197 e. The van der Waals surface area contributed by atoms with E-state index in [1.54, 1.807) is 0 Å². The molecule has 0 N–H and O–H groups in total. The van der Waals surface area contributed by atoms with Crippen LogP contribution in [0.15, 0.2) is 0 Å². The molecule has 0 radical (unpaired) electrons. The monoisotopic (exact) mass is 184 g/mol. The third-order valence-electron chi connectivity index (χ3n) is 2.08. The Morgan fingerprint density at radius 3 is 1.55 bits per heavy atom. The van der Waals surface area contributed by atoms with Crippen LogP contribution >= 0.6 is 23.5 Å². The Labute approximate surface area is 75.0 Å². The van der Waals surface area contributed by atoms with Crippen molar-refractivity contribution in [2.24, 2.45) is 0 Å². The lowest BCUT2D eigenvalue weighted by atomic mass is 10.3. The summed E-state index contributed by atoms with van der Waals surface area (Å²) in [5, 5.41) is 17.6. The number of nitrogens with zero attached hydrogens (tertiary/aromatic N) is 2. The maximum atomic E-state index is 8.82. The maximum Gasteiger partial charge on any atom is 0.132 e. The standard InChI is InChI=1S/C7H8N2S2/c1-10-6(4-8)3-7(6,5-9)11-2/h3H2,1-2H3. The third kappa shape index (κ3) is 0.937. The summed E-state index contributed by atoms with van der Waals surface area (Å²) in [5.41, 5.74) is 0. The Morgan fingerprint density at radius 1 is 1.09 bits per heavy atom. The van der Waals surface area contributed by atoms with Gasteiger partial charge < -0.3 is 0 Å². The smallest absolute Gasteiger partial charge is 0.132 e. The zero-order valence-electron chi connectivity index (χ0n) is 6.42. The topological polar surface area (TPSA) is 47.6 Å². The van der Waals surface area contributed by atoms with Gasteiger partial charge in [-0.05, 0) is 12.5 Å². The summed E-state index contributed by atoms with van der Waals surface area (Å²) in [6.45, 7) is 0. The van der Waals surface area contributed by atoms with Gasteiger partial charge in [-0.2, -0.15) is 10.5 Å². The summed E-state index contributed by atoms with van der Waals surface area (Å²) < 4.78 is -0.859. The number of rotatable bonds is 2. The molecule has 1 fully saturated rings. The summed E-state index contributed by atoms with van der Waals surface area (Å²) in [5.74, 6) is 0. The van der Waals surface area contributed by atoms with Gasteiger partial charge in [0, 0.05) is 6.42 Å². The molecule has 0 aromatic rings. The third-order valence-corrected chi connectivity index (χ3v) is 4.77. The minimum absolute atomic E-state index is 0.429. The van der Waals surface area contributed by atoms with Gasteiger partial charge in [0.15, 0.2) is 0 Å². The maximum absolute atomic E-state index is 8.82. The molecule has 58 valence electrons. The quantitative estimate of drug-likeness (QED) is 0.654. The average Bonchev–Trinajstić information content (AvgIpc) is 2.75. The molecule has 0 aliphatic heterocycles. The van der Waals surface area contributed by atoms with E-state index in [4.69, 9.17) is 10.5 Å². The van der Waals surface area contributed by atoms with E-state index in [0.29, 0.717) is 6.42 Å². The molecule has 1 rings (SSSR count). The van der Waals surface area contributed by atoms with Gasteiger partial charge in [-0.3, -0.25) is 0 Å². The van der Waals surface area contributed by atoms with Crippen LogP contribution in [0.25, 0.3) is 0 Å². The Kier molecular flexibility index (Phi) is 2.09. The normalized spacial score (nSPS) is 40.7. The van der Waals surface area contributed by atoms with Gasteiger partial charge >= 0.3 is 0 Å². The lowest BCUT2D eigenvalue weighted by molar-refractivity contribution is 1.11. The van der Waals surface area contributed by atoms with Gasteiger partial charge in [-0.15, -0.1) is 23.5 Å². The molecule has 11 heavy (non-hydrogen) atoms. The predicted octanol–water partition coefficient (Wildman–Crippen LogP) is 1.64. The van der Waals surface area contributed by atoms with E-state index < -0.39 is 9.49 Å². The van der Waals surface area contributed by atoms with Crippen LogP contribution in [-0.4, -0.2) is 22.0 Å². The first kappa shape index (κ1) is 8.77.